The monoisotopic (exact) mass is 646 g/mol. The Morgan fingerprint density at radius 3 is 1.98 bits per heavy atom. The maximum absolute atomic E-state index is 2.42. The average molecular weight is 647 g/mol. The van der Waals surface area contributed by atoms with Crippen LogP contribution in [-0.4, -0.2) is 0 Å². The van der Waals surface area contributed by atoms with Crippen molar-refractivity contribution >= 4 is 40.9 Å². The Hall–Kier alpha value is -3.63. The number of allylic oxidation sites excluding steroid dienone is 4. The molecule has 5 aromatic carbocycles. The zero-order chi connectivity index (χ0) is 31.2. The molecular formula is C43H34S3. The lowest BCUT2D eigenvalue weighted by Crippen LogP contribution is -2.23. The lowest BCUT2D eigenvalue weighted by Gasteiger charge is -2.35. The van der Waals surface area contributed by atoms with Gasteiger partial charge in [0.05, 0.1) is 0 Å². The van der Waals surface area contributed by atoms with Gasteiger partial charge in [-0.2, -0.15) is 0 Å². The third-order valence-electron chi connectivity index (χ3n) is 10.3. The maximum atomic E-state index is 2.42. The van der Waals surface area contributed by atoms with Gasteiger partial charge in [0.15, 0.2) is 0 Å². The first-order valence-corrected chi connectivity index (χ1v) is 18.5. The second-order valence-corrected chi connectivity index (χ2v) is 16.8. The molecule has 0 amide bonds. The molecule has 0 unspecified atom stereocenters. The second kappa shape index (κ2) is 10.4. The minimum Gasteiger partial charge on any atom is -0.0888 e. The van der Waals surface area contributed by atoms with E-state index in [1.807, 2.05) is 35.3 Å². The Kier molecular flexibility index (Phi) is 6.49. The van der Waals surface area contributed by atoms with E-state index in [0.717, 1.165) is 6.42 Å². The highest BCUT2D eigenvalue weighted by atomic mass is 32.2. The van der Waals surface area contributed by atoms with Gasteiger partial charge in [0, 0.05) is 40.2 Å². The average Bonchev–Trinajstić information content (AvgIpc) is 3.17. The van der Waals surface area contributed by atoms with E-state index < -0.39 is 0 Å². The minimum atomic E-state index is -0.0449. The normalized spacial score (nSPS) is 18.2. The van der Waals surface area contributed by atoms with Gasteiger partial charge < -0.3 is 0 Å². The number of fused-ring (bicyclic) bond motifs is 6. The van der Waals surface area contributed by atoms with E-state index in [1.54, 1.807) is 5.57 Å². The summed E-state index contributed by atoms with van der Waals surface area (Å²) >= 11 is 5.84. The molecule has 224 valence electrons. The van der Waals surface area contributed by atoms with Crippen molar-refractivity contribution in [3.05, 3.63) is 159 Å². The van der Waals surface area contributed by atoms with Crippen LogP contribution in [-0.2, 0) is 10.8 Å². The minimum absolute atomic E-state index is 0.0278. The van der Waals surface area contributed by atoms with Crippen LogP contribution in [0.4, 0.5) is 0 Å². The number of rotatable bonds is 2. The number of benzene rings is 5. The van der Waals surface area contributed by atoms with E-state index >= 15 is 0 Å². The summed E-state index contributed by atoms with van der Waals surface area (Å²) < 4.78 is 0. The molecule has 0 saturated carbocycles. The van der Waals surface area contributed by atoms with Crippen LogP contribution in [0, 0.1) is 0 Å². The predicted molar refractivity (Wildman–Crippen MR) is 199 cm³/mol. The Bertz CT molecular complexity index is 2210. The van der Waals surface area contributed by atoms with Gasteiger partial charge in [-0.3, -0.25) is 0 Å². The van der Waals surface area contributed by atoms with Gasteiger partial charge in [0.25, 0.3) is 0 Å². The molecule has 2 aliphatic heterocycles. The smallest absolute Gasteiger partial charge is 0.0341 e. The van der Waals surface area contributed by atoms with Crippen molar-refractivity contribution in [3.63, 3.8) is 0 Å². The van der Waals surface area contributed by atoms with E-state index in [0.29, 0.717) is 0 Å². The van der Waals surface area contributed by atoms with Crippen LogP contribution in [0.15, 0.2) is 156 Å². The van der Waals surface area contributed by atoms with Gasteiger partial charge in [-0.25, -0.2) is 0 Å². The highest BCUT2D eigenvalue weighted by Gasteiger charge is 2.40. The molecule has 2 heterocycles. The summed E-state index contributed by atoms with van der Waals surface area (Å²) in [5, 5.41) is 0. The molecule has 9 rings (SSSR count). The lowest BCUT2D eigenvalue weighted by atomic mass is 9.77. The van der Waals surface area contributed by atoms with Crippen molar-refractivity contribution in [2.45, 2.75) is 64.5 Å². The van der Waals surface area contributed by atoms with Crippen LogP contribution < -0.4 is 0 Å². The van der Waals surface area contributed by atoms with Crippen LogP contribution in [0.3, 0.4) is 0 Å². The quantitative estimate of drug-likeness (QED) is 0.187. The lowest BCUT2D eigenvalue weighted by molar-refractivity contribution is 0.608. The van der Waals surface area contributed by atoms with Crippen molar-refractivity contribution in [2.24, 2.45) is 0 Å². The molecule has 0 atom stereocenters. The molecular weight excluding hydrogens is 613 g/mol. The zero-order valence-corrected chi connectivity index (χ0v) is 28.9. The maximum Gasteiger partial charge on any atom is 0.0341 e. The van der Waals surface area contributed by atoms with Gasteiger partial charge in [0.1, 0.15) is 0 Å². The fourth-order valence-corrected chi connectivity index (χ4v) is 12.0. The Labute approximate surface area is 285 Å². The summed E-state index contributed by atoms with van der Waals surface area (Å²) in [6, 6.07) is 40.9. The van der Waals surface area contributed by atoms with E-state index in [-0.39, 0.29) is 10.8 Å². The first kappa shape index (κ1) is 28.6. The van der Waals surface area contributed by atoms with Crippen LogP contribution in [0.5, 0.6) is 0 Å². The largest absolute Gasteiger partial charge is 0.0888 e. The highest BCUT2D eigenvalue weighted by Crippen LogP contribution is 2.60. The van der Waals surface area contributed by atoms with Gasteiger partial charge >= 0.3 is 0 Å². The van der Waals surface area contributed by atoms with Crippen molar-refractivity contribution in [3.8, 4) is 22.3 Å². The zero-order valence-electron chi connectivity index (χ0n) is 26.5. The molecule has 0 bridgehead atoms. The Balaban J connectivity index is 1.15. The number of hydrogen-bond acceptors (Lipinski definition) is 3. The molecule has 46 heavy (non-hydrogen) atoms. The van der Waals surface area contributed by atoms with Gasteiger partial charge in [-0.15, -0.1) is 0 Å². The fourth-order valence-electron chi connectivity index (χ4n) is 7.86. The molecule has 0 radical (unpaired) electrons. The SMILES string of the molecule is CC1(C)C2=C(C3=C(C=CC2)Sc2cccc(-c4cccc(-c5cccc6c5Sc5ccccc5C6(C)C)c4)c2S3)c2ccccc21. The van der Waals surface area contributed by atoms with Crippen molar-refractivity contribution < 1.29 is 0 Å². The van der Waals surface area contributed by atoms with Crippen molar-refractivity contribution in [2.75, 3.05) is 0 Å². The third kappa shape index (κ3) is 4.18. The standard InChI is InChI=1S/C43H34S3/c1-42(2)31-18-6-5-15-30(31)38-33(42)20-12-24-37-41(38)46-40-29(17-11-23-36(40)44-37)27-14-9-13-26(25-27)28-16-10-21-34-39(28)45-35-22-8-7-19-32(35)43(34,3)4/h5-19,21-25H,20H2,1-4H3. The summed E-state index contributed by atoms with van der Waals surface area (Å²) in [7, 11) is 0. The molecule has 0 saturated heterocycles. The van der Waals surface area contributed by atoms with E-state index in [4.69, 9.17) is 0 Å². The summed E-state index contributed by atoms with van der Waals surface area (Å²) in [6.45, 7) is 9.54. The van der Waals surface area contributed by atoms with Gasteiger partial charge in [-0.05, 0) is 80.3 Å². The summed E-state index contributed by atoms with van der Waals surface area (Å²) in [4.78, 5) is 8.24. The van der Waals surface area contributed by atoms with E-state index in [1.165, 1.54) is 79.5 Å². The molecule has 0 N–H and O–H groups in total. The summed E-state index contributed by atoms with van der Waals surface area (Å²) in [5.41, 5.74) is 13.9. The summed E-state index contributed by atoms with van der Waals surface area (Å²) in [5.74, 6) is 0. The molecule has 0 spiro atoms. The Morgan fingerprint density at radius 1 is 0.522 bits per heavy atom. The topological polar surface area (TPSA) is 0 Å². The van der Waals surface area contributed by atoms with Gasteiger partial charge in [0.2, 0.25) is 0 Å². The van der Waals surface area contributed by atoms with Crippen LogP contribution in [0.1, 0.15) is 56.4 Å². The van der Waals surface area contributed by atoms with Crippen molar-refractivity contribution in [1.82, 2.24) is 0 Å². The Morgan fingerprint density at radius 2 is 1.15 bits per heavy atom. The molecule has 5 aromatic rings. The van der Waals surface area contributed by atoms with Gasteiger partial charge in [-0.1, -0.05) is 166 Å². The van der Waals surface area contributed by atoms with E-state index in [2.05, 4.69) is 149 Å². The summed E-state index contributed by atoms with van der Waals surface area (Å²) in [6.07, 6.45) is 5.75. The third-order valence-corrected chi connectivity index (χ3v) is 14.2. The van der Waals surface area contributed by atoms with Crippen LogP contribution in [0.2, 0.25) is 0 Å². The van der Waals surface area contributed by atoms with Crippen LogP contribution in [0.25, 0.3) is 27.8 Å². The molecule has 0 aromatic heterocycles. The fraction of sp³-hybridized carbons (Fsp3) is 0.163. The first-order chi connectivity index (χ1) is 22.3. The van der Waals surface area contributed by atoms with Crippen LogP contribution >= 0.6 is 35.3 Å². The molecule has 2 aliphatic carbocycles. The molecule has 3 heteroatoms. The molecule has 0 nitrogen and oxygen atoms in total. The molecule has 4 aliphatic rings. The highest BCUT2D eigenvalue weighted by molar-refractivity contribution is 8.10. The van der Waals surface area contributed by atoms with Crippen molar-refractivity contribution in [1.29, 1.82) is 0 Å². The predicted octanol–water partition coefficient (Wildman–Crippen LogP) is 12.9. The number of hydrogen-bond donors (Lipinski definition) is 0. The first-order valence-electron chi connectivity index (χ1n) is 16.1. The number of thioether (sulfide) groups is 2. The molecule has 0 fully saturated rings. The van der Waals surface area contributed by atoms with E-state index in [9.17, 15) is 0 Å². The second-order valence-electron chi connectivity index (χ2n) is 13.6.